The Morgan fingerprint density at radius 3 is 2.29 bits per heavy atom. The second-order valence-corrected chi connectivity index (χ2v) is 6.29. The summed E-state index contributed by atoms with van der Waals surface area (Å²) in [6.07, 6.45) is 4.70. The maximum atomic E-state index is 13.9. The van der Waals surface area contributed by atoms with E-state index in [0.29, 0.717) is 0 Å². The van der Waals surface area contributed by atoms with E-state index in [1.165, 1.54) is 12.8 Å². The van der Waals surface area contributed by atoms with Crippen molar-refractivity contribution in [1.82, 2.24) is 10.2 Å². The molecule has 0 aliphatic carbocycles. The van der Waals surface area contributed by atoms with Crippen LogP contribution < -0.4 is 5.32 Å². The van der Waals surface area contributed by atoms with Gasteiger partial charge in [0.15, 0.2) is 0 Å². The van der Waals surface area contributed by atoms with Crippen LogP contribution in [0.4, 0.5) is 4.39 Å². The zero-order chi connectivity index (χ0) is 15.5. The van der Waals surface area contributed by atoms with Gasteiger partial charge in [-0.3, -0.25) is 4.90 Å². The van der Waals surface area contributed by atoms with Gasteiger partial charge in [-0.2, -0.15) is 0 Å². The Kier molecular flexibility index (Phi) is 5.39. The normalized spacial score (nSPS) is 18.1. The molecule has 1 heterocycles. The summed E-state index contributed by atoms with van der Waals surface area (Å²) in [5, 5.41) is 3.48. The van der Waals surface area contributed by atoms with Gasteiger partial charge in [-0.25, -0.2) is 4.39 Å². The molecule has 2 nitrogen and oxygen atoms in total. The molecule has 1 aromatic carbocycles. The molecule has 0 aromatic heterocycles. The number of benzene rings is 1. The predicted octanol–water partition coefficient (Wildman–Crippen LogP) is 4.05. The van der Waals surface area contributed by atoms with Crippen molar-refractivity contribution in [3.8, 4) is 0 Å². The van der Waals surface area contributed by atoms with Crippen molar-refractivity contribution in [2.24, 2.45) is 0 Å². The Morgan fingerprint density at radius 2 is 1.81 bits per heavy atom. The minimum absolute atomic E-state index is 0.0749. The zero-order valence-corrected chi connectivity index (χ0v) is 13.9. The molecule has 0 radical (unpaired) electrons. The highest BCUT2D eigenvalue weighted by Crippen LogP contribution is 2.39. The minimum atomic E-state index is -0.132. The molecule has 21 heavy (non-hydrogen) atoms. The fourth-order valence-corrected chi connectivity index (χ4v) is 4.13. The average molecular weight is 292 g/mol. The van der Waals surface area contributed by atoms with Crippen LogP contribution in [-0.4, -0.2) is 30.6 Å². The molecule has 0 spiro atoms. The molecular formula is C18H29FN2. The van der Waals surface area contributed by atoms with E-state index >= 15 is 0 Å². The molecule has 1 N–H and O–H groups in total. The largest absolute Gasteiger partial charge is 0.311 e. The Morgan fingerprint density at radius 1 is 1.19 bits per heavy atom. The van der Waals surface area contributed by atoms with Gasteiger partial charge in [0.1, 0.15) is 5.82 Å². The Labute approximate surface area is 128 Å². The lowest BCUT2D eigenvalue weighted by atomic mass is 9.79. The van der Waals surface area contributed by atoms with Gasteiger partial charge in [-0.05, 0) is 76.0 Å². The molecule has 0 bridgehead atoms. The van der Waals surface area contributed by atoms with E-state index < -0.39 is 0 Å². The number of likely N-dealkylation sites (tertiary alicyclic amines) is 1. The van der Waals surface area contributed by atoms with Crippen LogP contribution in [0.3, 0.4) is 0 Å². The van der Waals surface area contributed by atoms with Gasteiger partial charge >= 0.3 is 0 Å². The van der Waals surface area contributed by atoms with Crippen LogP contribution in [0.1, 0.15) is 56.7 Å². The van der Waals surface area contributed by atoms with Gasteiger partial charge < -0.3 is 5.32 Å². The maximum absolute atomic E-state index is 13.9. The number of nitrogens with zero attached hydrogens (tertiary/aromatic N) is 1. The highest BCUT2D eigenvalue weighted by molar-refractivity contribution is 5.29. The van der Waals surface area contributed by atoms with Crippen molar-refractivity contribution in [3.05, 3.63) is 35.1 Å². The first-order valence-electron chi connectivity index (χ1n) is 8.26. The predicted molar refractivity (Wildman–Crippen MR) is 87.1 cm³/mol. The monoisotopic (exact) mass is 292 g/mol. The summed E-state index contributed by atoms with van der Waals surface area (Å²) >= 11 is 0. The van der Waals surface area contributed by atoms with Crippen LogP contribution in [0.5, 0.6) is 0 Å². The summed E-state index contributed by atoms with van der Waals surface area (Å²) in [5.74, 6) is -0.132. The molecule has 1 atom stereocenters. The lowest BCUT2D eigenvalue weighted by Gasteiger charge is -2.47. The fraction of sp³-hybridized carbons (Fsp3) is 0.667. The molecule has 1 unspecified atom stereocenters. The first-order valence-corrected chi connectivity index (χ1v) is 8.26. The summed E-state index contributed by atoms with van der Waals surface area (Å²) in [6.45, 7) is 8.81. The summed E-state index contributed by atoms with van der Waals surface area (Å²) in [4.78, 5) is 2.62. The number of aryl methyl sites for hydroxylation is 1. The van der Waals surface area contributed by atoms with Crippen molar-refractivity contribution in [2.75, 3.05) is 20.1 Å². The van der Waals surface area contributed by atoms with Crippen LogP contribution >= 0.6 is 0 Å². The van der Waals surface area contributed by atoms with E-state index in [4.69, 9.17) is 0 Å². The number of hydrogen-bond donors (Lipinski definition) is 1. The number of nitrogens with one attached hydrogen (secondary N) is 1. The number of hydrogen-bond acceptors (Lipinski definition) is 2. The Bertz CT molecular complexity index is 442. The molecule has 1 aliphatic heterocycles. The van der Waals surface area contributed by atoms with Gasteiger partial charge in [0.05, 0.1) is 6.04 Å². The Balaban J connectivity index is 2.43. The molecule has 1 fully saturated rings. The quantitative estimate of drug-likeness (QED) is 0.851. The number of rotatable bonds is 6. The van der Waals surface area contributed by atoms with E-state index in [2.05, 4.69) is 30.1 Å². The molecule has 1 saturated heterocycles. The van der Waals surface area contributed by atoms with Gasteiger partial charge in [0, 0.05) is 5.54 Å². The van der Waals surface area contributed by atoms with Gasteiger partial charge in [0.25, 0.3) is 0 Å². The van der Waals surface area contributed by atoms with Crippen LogP contribution in [-0.2, 0) is 0 Å². The van der Waals surface area contributed by atoms with Gasteiger partial charge in [-0.1, -0.05) is 19.9 Å². The topological polar surface area (TPSA) is 15.3 Å². The van der Waals surface area contributed by atoms with Crippen molar-refractivity contribution in [1.29, 1.82) is 0 Å². The van der Waals surface area contributed by atoms with Crippen LogP contribution in [0.2, 0.25) is 0 Å². The molecular weight excluding hydrogens is 263 g/mol. The minimum Gasteiger partial charge on any atom is -0.311 e. The first-order chi connectivity index (χ1) is 10.1. The zero-order valence-electron chi connectivity index (χ0n) is 13.9. The SMILES string of the molecule is CCC(CC)(C(NC)c1cc(C)cc(F)c1)N1CCCC1. The third-order valence-corrected chi connectivity index (χ3v) is 5.18. The highest BCUT2D eigenvalue weighted by atomic mass is 19.1. The van der Waals surface area contributed by atoms with Crippen LogP contribution in [0.25, 0.3) is 0 Å². The second kappa shape index (κ2) is 6.89. The third-order valence-electron chi connectivity index (χ3n) is 5.18. The molecule has 118 valence electrons. The molecule has 0 saturated carbocycles. The molecule has 1 aliphatic rings. The van der Waals surface area contributed by atoms with Crippen molar-refractivity contribution in [2.45, 2.75) is 58.0 Å². The van der Waals surface area contributed by atoms with Gasteiger partial charge in [-0.15, -0.1) is 0 Å². The number of likely N-dealkylation sites (N-methyl/N-ethyl adjacent to an activating group) is 1. The van der Waals surface area contributed by atoms with Crippen molar-refractivity contribution < 1.29 is 4.39 Å². The molecule has 1 aromatic rings. The summed E-state index contributed by atoms with van der Waals surface area (Å²) in [6, 6.07) is 5.59. The van der Waals surface area contributed by atoms with Crippen LogP contribution in [0.15, 0.2) is 18.2 Å². The molecule has 3 heteroatoms. The second-order valence-electron chi connectivity index (χ2n) is 6.29. The van der Waals surface area contributed by atoms with Crippen molar-refractivity contribution in [3.63, 3.8) is 0 Å². The third kappa shape index (κ3) is 3.14. The Hall–Kier alpha value is -0.930. The lowest BCUT2D eigenvalue weighted by Crippen LogP contribution is -2.54. The highest BCUT2D eigenvalue weighted by Gasteiger charge is 2.42. The smallest absolute Gasteiger partial charge is 0.123 e. The average Bonchev–Trinajstić information content (AvgIpc) is 2.98. The van der Waals surface area contributed by atoms with Crippen molar-refractivity contribution >= 4 is 0 Å². The maximum Gasteiger partial charge on any atom is 0.123 e. The van der Waals surface area contributed by atoms with E-state index in [-0.39, 0.29) is 17.4 Å². The van der Waals surface area contributed by atoms with E-state index in [1.807, 2.05) is 14.0 Å². The summed E-state index contributed by atoms with van der Waals surface area (Å²) < 4.78 is 13.9. The first kappa shape index (κ1) is 16.4. The molecule has 0 amide bonds. The summed E-state index contributed by atoms with van der Waals surface area (Å²) in [7, 11) is 2.00. The standard InChI is InChI=1S/C18H29FN2/c1-5-18(6-2,21-9-7-8-10-21)17(20-4)15-11-14(3)12-16(19)13-15/h11-13,17,20H,5-10H2,1-4H3. The van der Waals surface area contributed by atoms with Crippen LogP contribution in [0, 0.1) is 12.7 Å². The summed E-state index contributed by atoms with van der Waals surface area (Å²) in [5.41, 5.74) is 2.14. The van der Waals surface area contributed by atoms with Gasteiger partial charge in [0.2, 0.25) is 0 Å². The molecule has 2 rings (SSSR count). The van der Waals surface area contributed by atoms with E-state index in [9.17, 15) is 4.39 Å². The van der Waals surface area contributed by atoms with E-state index in [0.717, 1.165) is 37.1 Å². The fourth-order valence-electron chi connectivity index (χ4n) is 4.13. The number of halogens is 1. The lowest BCUT2D eigenvalue weighted by molar-refractivity contribution is 0.0646. The van der Waals surface area contributed by atoms with E-state index in [1.54, 1.807) is 12.1 Å².